The Balaban J connectivity index is 1.40. The van der Waals surface area contributed by atoms with Crippen molar-refractivity contribution in [3.63, 3.8) is 0 Å². The number of likely N-dealkylation sites (tertiary alicyclic amines) is 1. The zero-order chi connectivity index (χ0) is 21.5. The Morgan fingerprint density at radius 3 is 3.03 bits per heavy atom. The maximum absolute atomic E-state index is 13.2. The molecular formula is C22H24N6O3. The van der Waals surface area contributed by atoms with Crippen molar-refractivity contribution in [3.05, 3.63) is 41.7 Å². The van der Waals surface area contributed by atoms with Gasteiger partial charge < -0.3 is 20.7 Å². The monoisotopic (exact) mass is 420 g/mol. The highest BCUT2D eigenvalue weighted by Gasteiger charge is 2.35. The fourth-order valence-electron chi connectivity index (χ4n) is 4.49. The second-order valence-corrected chi connectivity index (χ2v) is 8.29. The quantitative estimate of drug-likeness (QED) is 0.547. The second kappa shape index (κ2) is 7.57. The van der Waals surface area contributed by atoms with Gasteiger partial charge in [-0.1, -0.05) is 13.0 Å². The summed E-state index contributed by atoms with van der Waals surface area (Å²) >= 11 is 0. The molecule has 2 amide bonds. The molecule has 5 rings (SSSR count). The van der Waals surface area contributed by atoms with Crippen LogP contribution in [0.5, 0.6) is 5.75 Å². The first-order valence-electron chi connectivity index (χ1n) is 10.5. The Kier molecular flexibility index (Phi) is 4.72. The van der Waals surface area contributed by atoms with Crippen molar-refractivity contribution in [1.82, 2.24) is 20.1 Å². The molecule has 4 heterocycles. The first kappa shape index (κ1) is 19.3. The summed E-state index contributed by atoms with van der Waals surface area (Å²) in [7, 11) is 0. The highest BCUT2D eigenvalue weighted by atomic mass is 16.5. The fraction of sp³-hybridized carbons (Fsp3) is 0.364. The van der Waals surface area contributed by atoms with Gasteiger partial charge in [0.2, 0.25) is 0 Å². The van der Waals surface area contributed by atoms with E-state index in [0.29, 0.717) is 41.5 Å². The number of rotatable bonds is 2. The molecule has 0 bridgehead atoms. The Labute approximate surface area is 179 Å². The number of fused-ring (bicyclic) bond motifs is 2. The number of anilines is 2. The number of carbonyl (C=O) groups excluding carboxylic acids is 2. The summed E-state index contributed by atoms with van der Waals surface area (Å²) in [6.07, 6.45) is 5.65. The lowest BCUT2D eigenvalue weighted by atomic mass is 9.89. The van der Waals surface area contributed by atoms with Crippen LogP contribution in [0.2, 0.25) is 0 Å². The summed E-state index contributed by atoms with van der Waals surface area (Å²) in [5.74, 6) is 0.272. The number of nitrogens with zero attached hydrogens (tertiary/aromatic N) is 3. The SMILES string of the molecule is CC1CCC(c2ccc3c(c2)CCO3)N(C(=O)C(=O)Nc2cnc(N)c3cn[nH]c23)C1. The molecule has 9 heteroatoms. The van der Waals surface area contributed by atoms with Crippen LogP contribution in [0, 0.1) is 5.92 Å². The minimum atomic E-state index is -0.703. The zero-order valence-electron chi connectivity index (χ0n) is 17.2. The maximum Gasteiger partial charge on any atom is 0.314 e. The number of nitrogens with two attached hydrogens (primary N) is 1. The normalized spacial score (nSPS) is 20.4. The van der Waals surface area contributed by atoms with E-state index in [2.05, 4.69) is 33.5 Å². The molecular weight excluding hydrogens is 396 g/mol. The minimum absolute atomic E-state index is 0.142. The highest BCUT2D eigenvalue weighted by molar-refractivity contribution is 6.40. The summed E-state index contributed by atoms with van der Waals surface area (Å²) in [5.41, 5.74) is 8.95. The van der Waals surface area contributed by atoms with Crippen molar-refractivity contribution in [2.24, 2.45) is 5.92 Å². The van der Waals surface area contributed by atoms with Gasteiger partial charge in [0.25, 0.3) is 0 Å². The number of hydrogen-bond acceptors (Lipinski definition) is 6. The van der Waals surface area contributed by atoms with Gasteiger partial charge in [-0.05, 0) is 42.0 Å². The Hall–Kier alpha value is -3.62. The molecule has 2 atom stereocenters. The van der Waals surface area contributed by atoms with Crippen molar-refractivity contribution in [3.8, 4) is 5.75 Å². The summed E-state index contributed by atoms with van der Waals surface area (Å²) in [5, 5.41) is 10.0. The number of ether oxygens (including phenoxy) is 1. The molecule has 1 fully saturated rings. The van der Waals surface area contributed by atoms with Crippen molar-refractivity contribution < 1.29 is 14.3 Å². The lowest BCUT2D eigenvalue weighted by Crippen LogP contribution is -2.46. The molecule has 1 saturated heterocycles. The molecule has 160 valence electrons. The molecule has 2 aliphatic heterocycles. The lowest BCUT2D eigenvalue weighted by Gasteiger charge is -2.38. The van der Waals surface area contributed by atoms with E-state index in [9.17, 15) is 9.59 Å². The second-order valence-electron chi connectivity index (χ2n) is 8.29. The number of aromatic amines is 1. The zero-order valence-corrected chi connectivity index (χ0v) is 17.2. The van der Waals surface area contributed by atoms with E-state index in [1.165, 1.54) is 12.4 Å². The number of amides is 2. The van der Waals surface area contributed by atoms with Crippen LogP contribution < -0.4 is 15.8 Å². The van der Waals surface area contributed by atoms with Gasteiger partial charge in [0, 0.05) is 13.0 Å². The smallest absolute Gasteiger partial charge is 0.314 e. The molecule has 0 saturated carbocycles. The van der Waals surface area contributed by atoms with Crippen molar-refractivity contribution in [1.29, 1.82) is 0 Å². The number of piperidine rings is 1. The van der Waals surface area contributed by atoms with Gasteiger partial charge in [-0.3, -0.25) is 14.7 Å². The van der Waals surface area contributed by atoms with Crippen LogP contribution in [-0.4, -0.2) is 45.0 Å². The predicted molar refractivity (Wildman–Crippen MR) is 115 cm³/mol. The number of benzene rings is 1. The molecule has 0 aliphatic carbocycles. The van der Waals surface area contributed by atoms with Crippen molar-refractivity contribution >= 4 is 34.2 Å². The number of nitrogen functional groups attached to an aromatic ring is 1. The third-order valence-corrected chi connectivity index (χ3v) is 6.14. The lowest BCUT2D eigenvalue weighted by molar-refractivity contribution is -0.146. The van der Waals surface area contributed by atoms with Gasteiger partial charge in [-0.15, -0.1) is 0 Å². The third-order valence-electron chi connectivity index (χ3n) is 6.14. The number of pyridine rings is 1. The molecule has 2 unspecified atom stereocenters. The average molecular weight is 420 g/mol. The maximum atomic E-state index is 13.2. The van der Waals surface area contributed by atoms with E-state index in [0.717, 1.165) is 36.1 Å². The van der Waals surface area contributed by atoms with Crippen molar-refractivity contribution in [2.45, 2.75) is 32.2 Å². The van der Waals surface area contributed by atoms with Gasteiger partial charge in [-0.25, -0.2) is 4.98 Å². The van der Waals surface area contributed by atoms with Gasteiger partial charge in [0.1, 0.15) is 11.6 Å². The fourth-order valence-corrected chi connectivity index (χ4v) is 4.49. The topological polar surface area (TPSA) is 126 Å². The van der Waals surface area contributed by atoms with Crippen LogP contribution in [0.25, 0.3) is 10.9 Å². The molecule has 0 radical (unpaired) electrons. The van der Waals surface area contributed by atoms with E-state index < -0.39 is 11.8 Å². The Bertz CT molecular complexity index is 1170. The van der Waals surface area contributed by atoms with Gasteiger partial charge in [-0.2, -0.15) is 5.10 Å². The van der Waals surface area contributed by atoms with Crippen molar-refractivity contribution in [2.75, 3.05) is 24.2 Å². The van der Waals surface area contributed by atoms with Crippen LogP contribution in [0.1, 0.15) is 36.9 Å². The van der Waals surface area contributed by atoms with Gasteiger partial charge in [0.05, 0.1) is 41.6 Å². The van der Waals surface area contributed by atoms with Crippen LogP contribution in [0.15, 0.2) is 30.6 Å². The molecule has 2 aliphatic rings. The Morgan fingerprint density at radius 1 is 1.29 bits per heavy atom. The molecule has 31 heavy (non-hydrogen) atoms. The summed E-state index contributed by atoms with van der Waals surface area (Å²) in [6.45, 7) is 3.32. The molecule has 4 N–H and O–H groups in total. The first-order chi connectivity index (χ1) is 15.0. The van der Waals surface area contributed by atoms with Crippen LogP contribution in [-0.2, 0) is 16.0 Å². The van der Waals surface area contributed by atoms with Crippen LogP contribution in [0.4, 0.5) is 11.5 Å². The van der Waals surface area contributed by atoms with E-state index in [-0.39, 0.29) is 6.04 Å². The summed E-state index contributed by atoms with van der Waals surface area (Å²) in [6, 6.07) is 5.94. The molecule has 2 aromatic heterocycles. The van der Waals surface area contributed by atoms with Crippen LogP contribution in [0.3, 0.4) is 0 Å². The summed E-state index contributed by atoms with van der Waals surface area (Å²) < 4.78 is 5.61. The summed E-state index contributed by atoms with van der Waals surface area (Å²) in [4.78, 5) is 31.9. The van der Waals surface area contributed by atoms with E-state index in [1.807, 2.05) is 12.1 Å². The number of hydrogen-bond donors (Lipinski definition) is 3. The first-order valence-corrected chi connectivity index (χ1v) is 10.5. The number of aromatic nitrogens is 3. The predicted octanol–water partition coefficient (Wildman–Crippen LogP) is 2.41. The van der Waals surface area contributed by atoms with E-state index in [4.69, 9.17) is 10.5 Å². The standard InChI is InChI=1S/C22H24N6O3/c1-12-2-4-17(13-3-5-18-14(8-13)6-7-31-18)28(11-12)22(30)21(29)26-16-10-24-20(23)15-9-25-27-19(15)16/h3,5,8-10,12,17H,2,4,6-7,11H2,1H3,(H2,23,24)(H,25,27)(H,26,29). The van der Waals surface area contributed by atoms with Gasteiger partial charge >= 0.3 is 11.8 Å². The molecule has 3 aromatic rings. The number of H-pyrrole nitrogens is 1. The van der Waals surface area contributed by atoms with E-state index in [1.54, 1.807) is 4.90 Å². The third kappa shape index (κ3) is 3.45. The number of nitrogens with one attached hydrogen (secondary N) is 2. The minimum Gasteiger partial charge on any atom is -0.493 e. The van der Waals surface area contributed by atoms with E-state index >= 15 is 0 Å². The van der Waals surface area contributed by atoms with Crippen LogP contribution >= 0.6 is 0 Å². The highest BCUT2D eigenvalue weighted by Crippen LogP contribution is 2.36. The number of carbonyl (C=O) groups is 2. The Morgan fingerprint density at radius 2 is 2.16 bits per heavy atom. The largest absolute Gasteiger partial charge is 0.493 e. The molecule has 0 spiro atoms. The average Bonchev–Trinajstić information content (AvgIpc) is 3.44. The van der Waals surface area contributed by atoms with Gasteiger partial charge in [0.15, 0.2) is 0 Å². The molecule has 9 nitrogen and oxygen atoms in total. The molecule has 1 aromatic carbocycles.